The van der Waals surface area contributed by atoms with Crippen LogP contribution in [-0.2, 0) is 27.1 Å². The fourth-order valence-corrected chi connectivity index (χ4v) is 3.68. The van der Waals surface area contributed by atoms with E-state index in [2.05, 4.69) is 10.0 Å². The van der Waals surface area contributed by atoms with Crippen LogP contribution in [0.3, 0.4) is 0 Å². The van der Waals surface area contributed by atoms with Crippen LogP contribution in [0, 0.1) is 0 Å². The monoisotopic (exact) mass is 361 g/mol. The summed E-state index contributed by atoms with van der Waals surface area (Å²) in [6.07, 6.45) is 1.40. The van der Waals surface area contributed by atoms with Crippen LogP contribution < -0.4 is 15.8 Å². The van der Waals surface area contributed by atoms with Crippen LogP contribution in [0.25, 0.3) is 0 Å². The lowest BCUT2D eigenvalue weighted by molar-refractivity contribution is -0.123. The Hall–Kier alpha value is -1.15. The number of carbonyl (C=O) groups excluding carboxylic acids is 1. The Morgan fingerprint density at radius 2 is 1.83 bits per heavy atom. The summed E-state index contributed by atoms with van der Waals surface area (Å²) in [5, 5.41) is 2.79. The van der Waals surface area contributed by atoms with Crippen molar-refractivity contribution in [2.45, 2.75) is 50.6 Å². The Bertz CT molecular complexity index is 658. The molecule has 0 unspecified atom stereocenters. The molecule has 130 valence electrons. The normalized spacial score (nSPS) is 15.8. The van der Waals surface area contributed by atoms with Crippen LogP contribution in [0.5, 0.6) is 0 Å². The smallest absolute Gasteiger partial charge is 0.240 e. The van der Waals surface area contributed by atoms with E-state index in [4.69, 9.17) is 5.73 Å². The van der Waals surface area contributed by atoms with Gasteiger partial charge in [0, 0.05) is 12.6 Å². The van der Waals surface area contributed by atoms with Crippen molar-refractivity contribution in [2.75, 3.05) is 0 Å². The summed E-state index contributed by atoms with van der Waals surface area (Å²) in [6.45, 7) is 3.84. The summed E-state index contributed by atoms with van der Waals surface area (Å²) >= 11 is 0. The highest BCUT2D eigenvalue weighted by molar-refractivity contribution is 7.88. The van der Waals surface area contributed by atoms with E-state index in [-0.39, 0.29) is 36.7 Å². The first-order valence-electron chi connectivity index (χ1n) is 7.36. The minimum atomic E-state index is -3.40. The first-order chi connectivity index (χ1) is 10.2. The van der Waals surface area contributed by atoms with Crippen LogP contribution in [0.15, 0.2) is 24.3 Å². The predicted molar refractivity (Wildman–Crippen MR) is 92.6 cm³/mol. The zero-order chi connectivity index (χ0) is 16.4. The van der Waals surface area contributed by atoms with Gasteiger partial charge in [0.2, 0.25) is 15.9 Å². The van der Waals surface area contributed by atoms with Crippen LogP contribution in [0.4, 0.5) is 0 Å². The number of nitrogens with two attached hydrogens (primary N) is 1. The van der Waals surface area contributed by atoms with Gasteiger partial charge in [-0.3, -0.25) is 4.79 Å². The Morgan fingerprint density at radius 1 is 1.26 bits per heavy atom. The molecule has 0 heterocycles. The van der Waals surface area contributed by atoms with Crippen LogP contribution in [0.2, 0.25) is 0 Å². The standard InChI is InChI=1S/C15H23N3O3S.ClH/c1-11(2)18-22(20,21)10-13-6-4-3-5-12(13)9-17-14(19)15(16)7-8-15;/h3-6,11,18H,7-10,16H2,1-2H3,(H,17,19);1H. The predicted octanol–water partition coefficient (Wildman–Crippen LogP) is 1.04. The third-order valence-electron chi connectivity index (χ3n) is 3.56. The van der Waals surface area contributed by atoms with Gasteiger partial charge in [-0.25, -0.2) is 13.1 Å². The Kier molecular flexibility index (Phi) is 6.59. The maximum atomic E-state index is 12.1. The van der Waals surface area contributed by atoms with E-state index in [0.717, 1.165) is 5.56 Å². The van der Waals surface area contributed by atoms with E-state index in [1.54, 1.807) is 26.0 Å². The molecule has 1 saturated carbocycles. The van der Waals surface area contributed by atoms with Crippen LogP contribution in [-0.4, -0.2) is 25.9 Å². The lowest BCUT2D eigenvalue weighted by Crippen LogP contribution is -2.42. The maximum Gasteiger partial charge on any atom is 0.240 e. The number of hydrogen-bond donors (Lipinski definition) is 3. The molecule has 0 radical (unpaired) electrons. The zero-order valence-corrected chi connectivity index (χ0v) is 15.0. The van der Waals surface area contributed by atoms with Crippen molar-refractivity contribution in [1.82, 2.24) is 10.0 Å². The van der Waals surface area contributed by atoms with Crippen molar-refractivity contribution in [1.29, 1.82) is 0 Å². The molecule has 8 heteroatoms. The average molecular weight is 362 g/mol. The SMILES string of the molecule is CC(C)NS(=O)(=O)Cc1ccccc1CNC(=O)C1(N)CC1.Cl. The van der Waals surface area contributed by atoms with Crippen LogP contribution >= 0.6 is 12.4 Å². The molecule has 1 amide bonds. The van der Waals surface area contributed by atoms with Gasteiger partial charge in [0.15, 0.2) is 0 Å². The molecule has 2 rings (SSSR count). The second kappa shape index (κ2) is 7.61. The van der Waals surface area contributed by atoms with Crippen molar-refractivity contribution in [3.63, 3.8) is 0 Å². The average Bonchev–Trinajstić information content (AvgIpc) is 3.14. The van der Waals surface area contributed by atoms with Gasteiger partial charge in [0.05, 0.1) is 11.3 Å². The molecule has 1 aliphatic rings. The van der Waals surface area contributed by atoms with E-state index >= 15 is 0 Å². The molecule has 0 aromatic heterocycles. The number of benzene rings is 1. The summed E-state index contributed by atoms with van der Waals surface area (Å²) in [5.41, 5.74) is 6.57. The summed E-state index contributed by atoms with van der Waals surface area (Å²) in [6, 6.07) is 7.04. The van der Waals surface area contributed by atoms with E-state index < -0.39 is 15.6 Å². The second-order valence-corrected chi connectivity index (χ2v) is 7.89. The van der Waals surface area contributed by atoms with E-state index in [1.807, 2.05) is 12.1 Å². The largest absolute Gasteiger partial charge is 0.350 e. The highest BCUT2D eigenvalue weighted by atomic mass is 35.5. The van der Waals surface area contributed by atoms with Gasteiger partial charge in [0.25, 0.3) is 0 Å². The lowest BCUT2D eigenvalue weighted by Gasteiger charge is -2.14. The van der Waals surface area contributed by atoms with E-state index in [0.29, 0.717) is 18.4 Å². The Balaban J connectivity index is 0.00000264. The third-order valence-corrected chi connectivity index (χ3v) is 5.08. The Morgan fingerprint density at radius 3 is 2.35 bits per heavy atom. The molecule has 4 N–H and O–H groups in total. The van der Waals surface area contributed by atoms with Crippen molar-refractivity contribution in [2.24, 2.45) is 5.73 Å². The summed E-state index contributed by atoms with van der Waals surface area (Å²) < 4.78 is 26.7. The molecule has 6 nitrogen and oxygen atoms in total. The molecule has 0 atom stereocenters. The quantitative estimate of drug-likeness (QED) is 0.675. The summed E-state index contributed by atoms with van der Waals surface area (Å²) in [4.78, 5) is 11.9. The topological polar surface area (TPSA) is 101 Å². The minimum absolute atomic E-state index is 0. The number of carbonyl (C=O) groups is 1. The Labute approximate surface area is 143 Å². The van der Waals surface area contributed by atoms with Gasteiger partial charge in [-0.2, -0.15) is 0 Å². The number of amides is 1. The number of nitrogens with one attached hydrogen (secondary N) is 2. The van der Waals surface area contributed by atoms with Crippen molar-refractivity contribution in [3.8, 4) is 0 Å². The summed E-state index contributed by atoms with van der Waals surface area (Å²) in [7, 11) is -3.40. The molecule has 0 spiro atoms. The molecule has 1 aliphatic carbocycles. The molecular formula is C15H24ClN3O3S. The van der Waals surface area contributed by atoms with Gasteiger partial charge < -0.3 is 11.1 Å². The van der Waals surface area contributed by atoms with E-state index in [1.165, 1.54) is 0 Å². The lowest BCUT2D eigenvalue weighted by atomic mass is 10.1. The molecule has 1 aromatic carbocycles. The van der Waals surface area contributed by atoms with Gasteiger partial charge in [-0.1, -0.05) is 24.3 Å². The molecule has 0 aliphatic heterocycles. The minimum Gasteiger partial charge on any atom is -0.350 e. The molecule has 23 heavy (non-hydrogen) atoms. The van der Waals surface area contributed by atoms with Crippen molar-refractivity contribution in [3.05, 3.63) is 35.4 Å². The van der Waals surface area contributed by atoms with Gasteiger partial charge in [-0.15, -0.1) is 12.4 Å². The third kappa shape index (κ3) is 5.76. The van der Waals surface area contributed by atoms with Gasteiger partial charge >= 0.3 is 0 Å². The van der Waals surface area contributed by atoms with Crippen molar-refractivity contribution >= 4 is 28.3 Å². The molecular weight excluding hydrogens is 338 g/mol. The molecule has 1 aromatic rings. The van der Waals surface area contributed by atoms with Gasteiger partial charge in [-0.05, 0) is 37.8 Å². The number of hydrogen-bond acceptors (Lipinski definition) is 4. The molecule has 1 fully saturated rings. The van der Waals surface area contributed by atoms with Gasteiger partial charge in [0.1, 0.15) is 0 Å². The van der Waals surface area contributed by atoms with Crippen LogP contribution in [0.1, 0.15) is 37.8 Å². The fraction of sp³-hybridized carbons (Fsp3) is 0.533. The number of sulfonamides is 1. The van der Waals surface area contributed by atoms with Crippen molar-refractivity contribution < 1.29 is 13.2 Å². The maximum absolute atomic E-state index is 12.1. The number of halogens is 1. The molecule has 0 bridgehead atoms. The highest BCUT2D eigenvalue weighted by Gasteiger charge is 2.45. The first kappa shape index (κ1) is 19.9. The highest BCUT2D eigenvalue weighted by Crippen LogP contribution is 2.32. The fourth-order valence-electron chi connectivity index (χ4n) is 2.19. The second-order valence-electron chi connectivity index (χ2n) is 6.14. The number of rotatable bonds is 7. The van der Waals surface area contributed by atoms with E-state index in [9.17, 15) is 13.2 Å². The first-order valence-corrected chi connectivity index (χ1v) is 9.01. The zero-order valence-electron chi connectivity index (χ0n) is 13.3. The summed E-state index contributed by atoms with van der Waals surface area (Å²) in [5.74, 6) is -0.282. The molecule has 0 saturated heterocycles.